The Labute approximate surface area is 197 Å². The summed E-state index contributed by atoms with van der Waals surface area (Å²) in [6, 6.07) is 9.59. The zero-order valence-corrected chi connectivity index (χ0v) is 20.1. The van der Waals surface area contributed by atoms with Crippen LogP contribution in [-0.2, 0) is 11.3 Å². The summed E-state index contributed by atoms with van der Waals surface area (Å²) >= 11 is 6.40. The summed E-state index contributed by atoms with van der Waals surface area (Å²) in [6.45, 7) is 9.82. The molecule has 3 heterocycles. The third-order valence-corrected chi connectivity index (χ3v) is 5.19. The number of amides is 1. The predicted molar refractivity (Wildman–Crippen MR) is 128 cm³/mol. The molecule has 0 saturated heterocycles. The summed E-state index contributed by atoms with van der Waals surface area (Å²) < 4.78 is 9.39. The summed E-state index contributed by atoms with van der Waals surface area (Å²) in [5.41, 5.74) is 2.52. The van der Waals surface area contributed by atoms with Gasteiger partial charge in [-0.3, -0.25) is 9.30 Å². The maximum atomic E-state index is 13.4. The quantitative estimate of drug-likeness (QED) is 0.380. The highest BCUT2D eigenvalue weighted by Crippen LogP contribution is 2.29. The zero-order valence-electron chi connectivity index (χ0n) is 19.4. The Morgan fingerprint density at radius 2 is 1.97 bits per heavy atom. The average Bonchev–Trinajstić information content (AvgIpc) is 3.40. The van der Waals surface area contributed by atoms with Crippen molar-refractivity contribution in [1.82, 2.24) is 24.1 Å². The summed E-state index contributed by atoms with van der Waals surface area (Å²) in [7, 11) is 0. The number of carbonyl (C=O) groups excluding carboxylic acids is 1. The molecule has 33 heavy (non-hydrogen) atoms. The third kappa shape index (κ3) is 4.85. The maximum Gasteiger partial charge on any atom is 0.416 e. The molecule has 0 radical (unpaired) electrons. The van der Waals surface area contributed by atoms with Crippen molar-refractivity contribution in [1.29, 1.82) is 0 Å². The molecule has 8 nitrogen and oxygen atoms in total. The topological polar surface area (TPSA) is 77.5 Å². The number of rotatable bonds is 5. The van der Waals surface area contributed by atoms with Gasteiger partial charge in [-0.15, -0.1) is 0 Å². The van der Waals surface area contributed by atoms with Gasteiger partial charge in [-0.1, -0.05) is 43.6 Å². The number of imidazole rings is 1. The van der Waals surface area contributed by atoms with Crippen molar-refractivity contribution in [2.75, 3.05) is 4.90 Å². The molecule has 0 aliphatic rings. The number of hydrogen-bond donors (Lipinski definition) is 0. The van der Waals surface area contributed by atoms with Crippen LogP contribution in [0, 0.1) is 0 Å². The van der Waals surface area contributed by atoms with E-state index in [1.807, 2.05) is 61.7 Å². The first-order chi connectivity index (χ1) is 15.6. The van der Waals surface area contributed by atoms with Crippen LogP contribution in [0.4, 0.5) is 10.6 Å². The van der Waals surface area contributed by atoms with Crippen LogP contribution >= 0.6 is 11.6 Å². The molecule has 0 fully saturated rings. The molecule has 0 aliphatic heterocycles. The lowest BCUT2D eigenvalue weighted by atomic mass is 10.1. The largest absolute Gasteiger partial charge is 0.443 e. The van der Waals surface area contributed by atoms with Crippen LogP contribution in [0.3, 0.4) is 0 Å². The lowest BCUT2D eigenvalue weighted by Crippen LogP contribution is -2.37. The summed E-state index contributed by atoms with van der Waals surface area (Å²) in [6.07, 6.45) is 6.53. The van der Waals surface area contributed by atoms with Gasteiger partial charge in [-0.2, -0.15) is 5.10 Å². The first-order valence-electron chi connectivity index (χ1n) is 10.8. The lowest BCUT2D eigenvalue weighted by molar-refractivity contribution is 0.0576. The molecule has 172 valence electrons. The molecule has 0 saturated carbocycles. The van der Waals surface area contributed by atoms with Crippen LogP contribution in [0.15, 0.2) is 55.1 Å². The van der Waals surface area contributed by atoms with Crippen molar-refractivity contribution in [2.24, 2.45) is 0 Å². The molecule has 3 aromatic heterocycles. The van der Waals surface area contributed by atoms with Crippen LogP contribution < -0.4 is 4.90 Å². The molecule has 0 spiro atoms. The molecule has 4 aromatic rings. The first kappa shape index (κ1) is 22.8. The fourth-order valence-corrected chi connectivity index (χ4v) is 3.74. The van der Waals surface area contributed by atoms with E-state index in [1.54, 1.807) is 23.3 Å². The number of halogens is 1. The summed E-state index contributed by atoms with van der Waals surface area (Å²) in [5.74, 6) is 0.542. The van der Waals surface area contributed by atoms with Gasteiger partial charge in [0.25, 0.3) is 0 Å². The SMILES string of the molecule is CC(C)c1cnc2c(N(Cc3ccccc3-n3cccn3)C(=O)OC(C)(C)C)nc(Cl)cn12. The number of fused-ring (bicyclic) bond motifs is 1. The number of ether oxygens (including phenoxy) is 1. The van der Waals surface area contributed by atoms with E-state index >= 15 is 0 Å². The van der Waals surface area contributed by atoms with Crippen molar-refractivity contribution in [3.8, 4) is 5.69 Å². The Morgan fingerprint density at radius 3 is 2.64 bits per heavy atom. The summed E-state index contributed by atoms with van der Waals surface area (Å²) in [5, 5.41) is 4.60. The molecule has 4 rings (SSSR count). The van der Waals surface area contributed by atoms with E-state index in [2.05, 4.69) is 28.9 Å². The lowest BCUT2D eigenvalue weighted by Gasteiger charge is -2.27. The van der Waals surface area contributed by atoms with E-state index < -0.39 is 11.7 Å². The third-order valence-electron chi connectivity index (χ3n) is 5.01. The Bertz CT molecular complexity index is 1270. The molecule has 1 amide bonds. The second kappa shape index (κ2) is 8.86. The van der Waals surface area contributed by atoms with Gasteiger partial charge in [0.05, 0.1) is 12.2 Å². The number of anilines is 1. The van der Waals surface area contributed by atoms with E-state index in [9.17, 15) is 4.79 Å². The van der Waals surface area contributed by atoms with Gasteiger partial charge in [-0.25, -0.2) is 19.4 Å². The standard InChI is InChI=1S/C24H27ClN6O2/c1-16(2)19-13-26-21-22(28-20(25)15-29(19)21)30(23(32)33-24(3,4)5)14-17-9-6-7-10-18(17)31-12-8-11-27-31/h6-13,15-16H,14H2,1-5H3. The molecule has 0 unspecified atom stereocenters. The smallest absolute Gasteiger partial charge is 0.416 e. The number of hydrogen-bond acceptors (Lipinski definition) is 5. The number of aromatic nitrogens is 5. The Balaban J connectivity index is 1.86. The second-order valence-corrected chi connectivity index (χ2v) is 9.45. The Kier molecular flexibility index (Phi) is 6.12. The normalized spacial score (nSPS) is 11.8. The van der Waals surface area contributed by atoms with Gasteiger partial charge in [0.2, 0.25) is 0 Å². The first-order valence-corrected chi connectivity index (χ1v) is 11.1. The zero-order chi connectivity index (χ0) is 23.8. The van der Waals surface area contributed by atoms with Crippen molar-refractivity contribution < 1.29 is 9.53 Å². The molecule has 9 heteroatoms. The highest BCUT2D eigenvalue weighted by atomic mass is 35.5. The van der Waals surface area contributed by atoms with Crippen LogP contribution in [-0.4, -0.2) is 35.8 Å². The summed E-state index contributed by atoms with van der Waals surface area (Å²) in [4.78, 5) is 24.0. The molecule has 0 aliphatic carbocycles. The molecule has 1 aromatic carbocycles. The molecule has 0 atom stereocenters. The molecule has 0 N–H and O–H groups in total. The van der Waals surface area contributed by atoms with Gasteiger partial charge in [0.15, 0.2) is 11.5 Å². The van der Waals surface area contributed by atoms with E-state index in [1.165, 1.54) is 4.90 Å². The fraction of sp³-hybridized carbons (Fsp3) is 0.333. The number of nitrogens with zero attached hydrogens (tertiary/aromatic N) is 6. The van der Waals surface area contributed by atoms with Gasteiger partial charge < -0.3 is 4.74 Å². The van der Waals surface area contributed by atoms with Crippen LogP contribution in [0.1, 0.15) is 51.8 Å². The van der Waals surface area contributed by atoms with E-state index in [4.69, 9.17) is 16.3 Å². The van der Waals surface area contributed by atoms with Crippen LogP contribution in [0.5, 0.6) is 0 Å². The van der Waals surface area contributed by atoms with Crippen molar-refractivity contribution in [2.45, 2.75) is 52.7 Å². The monoisotopic (exact) mass is 466 g/mol. The van der Waals surface area contributed by atoms with Crippen molar-refractivity contribution in [3.63, 3.8) is 0 Å². The molecule has 0 bridgehead atoms. The Hall–Kier alpha value is -3.39. The second-order valence-electron chi connectivity index (χ2n) is 9.06. The van der Waals surface area contributed by atoms with Crippen molar-refractivity contribution in [3.05, 3.63) is 71.5 Å². The highest BCUT2D eigenvalue weighted by Gasteiger charge is 2.28. The molecular weight excluding hydrogens is 440 g/mol. The van der Waals surface area contributed by atoms with Gasteiger partial charge >= 0.3 is 6.09 Å². The average molecular weight is 467 g/mol. The van der Waals surface area contributed by atoms with Gasteiger partial charge in [0.1, 0.15) is 10.8 Å². The minimum Gasteiger partial charge on any atom is -0.443 e. The molecular formula is C24H27ClN6O2. The Morgan fingerprint density at radius 1 is 1.21 bits per heavy atom. The van der Waals surface area contributed by atoms with E-state index in [0.717, 1.165) is 16.9 Å². The minimum atomic E-state index is -0.690. The number of benzene rings is 1. The predicted octanol–water partition coefficient (Wildman–Crippen LogP) is 5.63. The maximum absolute atomic E-state index is 13.4. The van der Waals surface area contributed by atoms with Crippen LogP contribution in [0.2, 0.25) is 5.15 Å². The highest BCUT2D eigenvalue weighted by molar-refractivity contribution is 6.29. The van der Waals surface area contributed by atoms with Gasteiger partial charge in [0, 0.05) is 30.5 Å². The number of para-hydroxylation sites is 1. The van der Waals surface area contributed by atoms with Crippen molar-refractivity contribution >= 4 is 29.2 Å². The van der Waals surface area contributed by atoms with Gasteiger partial charge in [-0.05, 0) is 44.4 Å². The van der Waals surface area contributed by atoms with Crippen LogP contribution in [0.25, 0.3) is 11.3 Å². The minimum absolute atomic E-state index is 0.192. The van der Waals surface area contributed by atoms with E-state index in [-0.39, 0.29) is 17.6 Å². The number of carbonyl (C=O) groups is 1. The van der Waals surface area contributed by atoms with E-state index in [0.29, 0.717) is 11.5 Å². The fourth-order valence-electron chi connectivity index (χ4n) is 3.56.